The molecule has 3 heterocycles. The third kappa shape index (κ3) is 3.12. The summed E-state index contributed by atoms with van der Waals surface area (Å²) in [7, 11) is 0. The molecule has 3 aliphatic rings. The highest BCUT2D eigenvalue weighted by atomic mass is 32.1. The first kappa shape index (κ1) is 20.8. The van der Waals surface area contributed by atoms with Gasteiger partial charge < -0.3 is 16.0 Å². The van der Waals surface area contributed by atoms with Crippen molar-refractivity contribution in [3.05, 3.63) is 46.1 Å². The Morgan fingerprint density at radius 2 is 2.18 bits per heavy atom. The van der Waals surface area contributed by atoms with Gasteiger partial charge in [-0.05, 0) is 61.5 Å². The quantitative estimate of drug-likeness (QED) is 0.589. The number of hydrogen-bond donors (Lipinski definition) is 2. The van der Waals surface area contributed by atoms with Crippen molar-refractivity contribution in [1.82, 2.24) is 15.3 Å². The molecule has 6 nitrogen and oxygen atoms in total. The summed E-state index contributed by atoms with van der Waals surface area (Å²) in [6.45, 7) is 3.65. The SMILES string of the molecule is Cc1cnc2c(N)c(C(=O)NCCc3cc(F)c(N4CC5CC6CCC65C4)cc3F)sc2n1. The van der Waals surface area contributed by atoms with Crippen LogP contribution in [0.3, 0.4) is 0 Å². The van der Waals surface area contributed by atoms with E-state index in [-0.39, 0.29) is 30.1 Å². The number of benzene rings is 1. The van der Waals surface area contributed by atoms with Crippen LogP contribution in [-0.4, -0.2) is 35.5 Å². The molecule has 3 atom stereocenters. The third-order valence-corrected chi connectivity index (χ3v) is 9.07. The van der Waals surface area contributed by atoms with E-state index in [1.165, 1.54) is 42.7 Å². The number of carbonyl (C=O) groups is 1. The number of amides is 1. The average molecular weight is 470 g/mol. The number of halogens is 2. The molecule has 0 radical (unpaired) electrons. The number of fused-ring (bicyclic) bond motifs is 1. The van der Waals surface area contributed by atoms with Gasteiger partial charge in [0.05, 0.1) is 17.1 Å². The van der Waals surface area contributed by atoms with Crippen molar-refractivity contribution < 1.29 is 13.6 Å². The highest BCUT2D eigenvalue weighted by molar-refractivity contribution is 7.21. The van der Waals surface area contributed by atoms with Crippen molar-refractivity contribution in [3.63, 3.8) is 0 Å². The van der Waals surface area contributed by atoms with Crippen molar-refractivity contribution in [2.24, 2.45) is 17.3 Å². The van der Waals surface area contributed by atoms with Crippen LogP contribution in [0.5, 0.6) is 0 Å². The first-order valence-electron chi connectivity index (χ1n) is 11.4. The molecular weight excluding hydrogens is 444 g/mol. The number of nitrogens with two attached hydrogens (primary N) is 1. The Kier molecular flexibility index (Phi) is 4.62. The molecular formula is C24H25F2N5OS. The van der Waals surface area contributed by atoms with Crippen LogP contribution in [0.4, 0.5) is 20.2 Å². The van der Waals surface area contributed by atoms with Gasteiger partial charge in [0.15, 0.2) is 0 Å². The van der Waals surface area contributed by atoms with E-state index >= 15 is 0 Å². The molecule has 3 fully saturated rings. The van der Waals surface area contributed by atoms with E-state index in [1.807, 2.05) is 11.8 Å². The predicted octanol–water partition coefficient (Wildman–Crippen LogP) is 4.07. The van der Waals surface area contributed by atoms with Crippen molar-refractivity contribution >= 4 is 39.0 Å². The standard InChI is InChI=1S/C24H25F2N5OS/c1-12-9-29-20-19(27)21(33-23(20)30-12)22(32)28-5-3-13-6-17(26)18(8-16(13)25)31-10-15-7-14-2-4-24(14,15)11-31/h6,8-9,14-15H,2-5,7,10-11,27H2,1H3,(H,28,32). The average Bonchev–Trinajstić information content (AvgIpc) is 3.30. The number of aryl methyl sites for hydroxylation is 1. The Labute approximate surface area is 194 Å². The summed E-state index contributed by atoms with van der Waals surface area (Å²) >= 11 is 1.17. The first-order chi connectivity index (χ1) is 15.9. The molecule has 3 unspecified atom stereocenters. The van der Waals surface area contributed by atoms with Gasteiger partial charge in [-0.25, -0.2) is 18.7 Å². The predicted molar refractivity (Wildman–Crippen MR) is 124 cm³/mol. The Hall–Kier alpha value is -2.81. The topological polar surface area (TPSA) is 84.1 Å². The summed E-state index contributed by atoms with van der Waals surface area (Å²) in [4.78, 5) is 24.2. The molecule has 0 bridgehead atoms. The van der Waals surface area contributed by atoms with Crippen LogP contribution < -0.4 is 16.0 Å². The lowest BCUT2D eigenvalue weighted by atomic mass is 9.43. The Bertz CT molecular complexity index is 1290. The zero-order valence-corrected chi connectivity index (χ0v) is 19.1. The molecule has 6 rings (SSSR count). The van der Waals surface area contributed by atoms with Crippen LogP contribution in [0.25, 0.3) is 10.3 Å². The van der Waals surface area contributed by atoms with E-state index in [1.54, 1.807) is 6.20 Å². The number of nitrogens with one attached hydrogen (secondary N) is 1. The summed E-state index contributed by atoms with van der Waals surface area (Å²) in [5.41, 5.74) is 8.58. The number of carbonyl (C=O) groups excluding carboxylic acids is 1. The van der Waals surface area contributed by atoms with Gasteiger partial charge in [0.25, 0.3) is 5.91 Å². The molecule has 1 spiro atoms. The largest absolute Gasteiger partial charge is 0.396 e. The van der Waals surface area contributed by atoms with Crippen LogP contribution >= 0.6 is 11.3 Å². The highest BCUT2D eigenvalue weighted by Crippen LogP contribution is 2.67. The highest BCUT2D eigenvalue weighted by Gasteiger charge is 2.64. The zero-order chi connectivity index (χ0) is 22.9. The molecule has 33 heavy (non-hydrogen) atoms. The number of aromatic nitrogens is 2. The molecule has 1 aromatic carbocycles. The van der Waals surface area contributed by atoms with Crippen molar-refractivity contribution in [1.29, 1.82) is 0 Å². The second-order valence-corrected chi connectivity index (χ2v) is 10.7. The van der Waals surface area contributed by atoms with Crippen LogP contribution in [0, 0.1) is 35.8 Å². The number of thiophene rings is 1. The lowest BCUT2D eigenvalue weighted by Crippen LogP contribution is -2.55. The van der Waals surface area contributed by atoms with E-state index in [9.17, 15) is 13.6 Å². The Morgan fingerprint density at radius 1 is 1.33 bits per heavy atom. The van der Waals surface area contributed by atoms with Gasteiger partial charge >= 0.3 is 0 Å². The lowest BCUT2D eigenvalue weighted by Gasteiger charge is -2.60. The first-order valence-corrected chi connectivity index (χ1v) is 12.2. The third-order valence-electron chi connectivity index (χ3n) is 7.98. The van der Waals surface area contributed by atoms with E-state index < -0.39 is 11.6 Å². The normalized spacial score (nSPS) is 25.4. The van der Waals surface area contributed by atoms with Crippen molar-refractivity contribution in [3.8, 4) is 0 Å². The zero-order valence-electron chi connectivity index (χ0n) is 18.3. The van der Waals surface area contributed by atoms with Gasteiger partial charge in [-0.15, -0.1) is 11.3 Å². The summed E-state index contributed by atoms with van der Waals surface area (Å²) < 4.78 is 29.8. The molecule has 2 aromatic heterocycles. The molecule has 1 saturated heterocycles. The van der Waals surface area contributed by atoms with Gasteiger partial charge in [0.2, 0.25) is 0 Å². The van der Waals surface area contributed by atoms with Crippen LogP contribution in [-0.2, 0) is 6.42 Å². The fourth-order valence-electron chi connectivity index (χ4n) is 6.03. The summed E-state index contributed by atoms with van der Waals surface area (Å²) in [6, 6.07) is 2.60. The van der Waals surface area contributed by atoms with E-state index in [0.29, 0.717) is 32.2 Å². The van der Waals surface area contributed by atoms with Crippen LogP contribution in [0.15, 0.2) is 18.3 Å². The monoisotopic (exact) mass is 469 g/mol. The van der Waals surface area contributed by atoms with Crippen molar-refractivity contribution in [2.75, 3.05) is 30.3 Å². The fourth-order valence-corrected chi connectivity index (χ4v) is 7.05. The molecule has 2 aliphatic carbocycles. The maximum atomic E-state index is 14.9. The van der Waals surface area contributed by atoms with Gasteiger partial charge in [-0.2, -0.15) is 0 Å². The van der Waals surface area contributed by atoms with Gasteiger partial charge in [0.1, 0.15) is 26.9 Å². The number of nitrogen functional groups attached to an aromatic ring is 1. The minimum Gasteiger partial charge on any atom is -0.396 e. The Balaban J connectivity index is 1.12. The summed E-state index contributed by atoms with van der Waals surface area (Å²) in [5.74, 6) is 0.216. The van der Waals surface area contributed by atoms with E-state index in [0.717, 1.165) is 24.7 Å². The molecule has 3 aromatic rings. The van der Waals surface area contributed by atoms with E-state index in [4.69, 9.17) is 5.73 Å². The number of nitrogens with zero attached hydrogens (tertiary/aromatic N) is 3. The molecule has 172 valence electrons. The second kappa shape index (κ2) is 7.35. The summed E-state index contributed by atoms with van der Waals surface area (Å²) in [6.07, 6.45) is 5.52. The van der Waals surface area contributed by atoms with Crippen LogP contribution in [0.2, 0.25) is 0 Å². The lowest BCUT2D eigenvalue weighted by molar-refractivity contribution is -0.104. The minimum absolute atomic E-state index is 0.165. The maximum absolute atomic E-state index is 14.9. The number of anilines is 2. The Morgan fingerprint density at radius 3 is 2.91 bits per heavy atom. The molecule has 3 N–H and O–H groups in total. The fraction of sp³-hybridized carbons (Fsp3) is 0.458. The molecule has 9 heteroatoms. The molecule has 2 saturated carbocycles. The number of rotatable bonds is 5. The van der Waals surface area contributed by atoms with Crippen LogP contribution in [0.1, 0.15) is 40.2 Å². The smallest absolute Gasteiger partial charge is 0.263 e. The van der Waals surface area contributed by atoms with E-state index in [2.05, 4.69) is 15.3 Å². The van der Waals surface area contributed by atoms with Gasteiger partial charge in [-0.1, -0.05) is 0 Å². The molecule has 1 amide bonds. The van der Waals surface area contributed by atoms with Crippen molar-refractivity contribution in [2.45, 2.75) is 32.6 Å². The minimum atomic E-state index is -0.437. The molecule has 1 aliphatic heterocycles. The number of hydrogen-bond acceptors (Lipinski definition) is 6. The second-order valence-electron chi connectivity index (χ2n) is 9.69. The van der Waals surface area contributed by atoms with Gasteiger partial charge in [-0.3, -0.25) is 4.79 Å². The summed E-state index contributed by atoms with van der Waals surface area (Å²) in [5, 5.41) is 2.75. The van der Waals surface area contributed by atoms with Gasteiger partial charge in [0, 0.05) is 31.9 Å². The maximum Gasteiger partial charge on any atom is 0.263 e.